The van der Waals surface area contributed by atoms with Crippen molar-refractivity contribution >= 4 is 17.5 Å². The van der Waals surface area contributed by atoms with Crippen molar-refractivity contribution in [2.24, 2.45) is 0 Å². The third-order valence-corrected chi connectivity index (χ3v) is 4.49. The van der Waals surface area contributed by atoms with Gasteiger partial charge in [0.1, 0.15) is 18.3 Å². The molecule has 7 nitrogen and oxygen atoms in total. The van der Waals surface area contributed by atoms with E-state index in [-0.39, 0.29) is 24.0 Å². The molecule has 28 heavy (non-hydrogen) atoms. The zero-order chi connectivity index (χ0) is 19.7. The number of aromatic amines is 1. The van der Waals surface area contributed by atoms with E-state index in [0.717, 1.165) is 11.1 Å². The molecule has 1 aliphatic heterocycles. The lowest BCUT2D eigenvalue weighted by molar-refractivity contribution is -0.117. The number of rotatable bonds is 5. The van der Waals surface area contributed by atoms with E-state index in [2.05, 4.69) is 20.8 Å². The maximum atomic E-state index is 13.6. The summed E-state index contributed by atoms with van der Waals surface area (Å²) in [6.45, 7) is 1.90. The number of halogens is 1. The number of carbonyl (C=O) groups is 2. The fourth-order valence-corrected chi connectivity index (χ4v) is 3.12. The second kappa shape index (κ2) is 7.15. The minimum absolute atomic E-state index is 0.0209. The van der Waals surface area contributed by atoms with Crippen LogP contribution in [0.1, 0.15) is 33.4 Å². The van der Waals surface area contributed by atoms with Crippen LogP contribution in [0.5, 0.6) is 5.75 Å². The maximum absolute atomic E-state index is 13.6. The molecule has 0 spiro atoms. The van der Waals surface area contributed by atoms with E-state index in [9.17, 15) is 14.0 Å². The average Bonchev–Trinajstić information content (AvgIpc) is 3.27. The Morgan fingerprint density at radius 2 is 2.07 bits per heavy atom. The molecule has 2 amide bonds. The third-order valence-electron chi connectivity index (χ3n) is 4.49. The van der Waals surface area contributed by atoms with Crippen molar-refractivity contribution in [3.63, 3.8) is 0 Å². The van der Waals surface area contributed by atoms with Gasteiger partial charge in [-0.1, -0.05) is 24.3 Å². The number of aromatic nitrogens is 2. The first-order valence-corrected chi connectivity index (χ1v) is 8.66. The molecule has 3 N–H and O–H groups in total. The number of amides is 2. The summed E-state index contributed by atoms with van der Waals surface area (Å²) in [5.41, 5.74) is 2.96. The van der Waals surface area contributed by atoms with Crippen LogP contribution in [0.2, 0.25) is 0 Å². The van der Waals surface area contributed by atoms with Crippen molar-refractivity contribution in [1.29, 1.82) is 0 Å². The van der Waals surface area contributed by atoms with Crippen LogP contribution in [-0.4, -0.2) is 22.0 Å². The van der Waals surface area contributed by atoms with Crippen LogP contribution < -0.4 is 15.4 Å². The van der Waals surface area contributed by atoms with Gasteiger partial charge < -0.3 is 15.4 Å². The molecule has 0 unspecified atom stereocenters. The molecule has 1 atom stereocenters. The number of aryl methyl sites for hydroxylation is 1. The monoisotopic (exact) mass is 380 g/mol. The molecule has 2 aromatic carbocycles. The second-order valence-corrected chi connectivity index (χ2v) is 6.43. The smallest absolute Gasteiger partial charge is 0.272 e. The van der Waals surface area contributed by atoms with Gasteiger partial charge in [-0.2, -0.15) is 5.10 Å². The molecule has 1 aromatic heterocycles. The Kier molecular flexibility index (Phi) is 4.52. The van der Waals surface area contributed by atoms with Crippen LogP contribution in [-0.2, 0) is 11.4 Å². The topological polar surface area (TPSA) is 96.1 Å². The molecule has 2 heterocycles. The molecule has 4 rings (SSSR count). The van der Waals surface area contributed by atoms with Crippen molar-refractivity contribution in [1.82, 2.24) is 15.5 Å². The third kappa shape index (κ3) is 3.32. The Morgan fingerprint density at radius 1 is 1.25 bits per heavy atom. The second-order valence-electron chi connectivity index (χ2n) is 6.43. The van der Waals surface area contributed by atoms with E-state index < -0.39 is 17.8 Å². The Morgan fingerprint density at radius 3 is 2.89 bits per heavy atom. The van der Waals surface area contributed by atoms with Crippen LogP contribution in [0, 0.1) is 12.7 Å². The summed E-state index contributed by atoms with van der Waals surface area (Å²) in [7, 11) is 0. The minimum Gasteiger partial charge on any atom is -0.484 e. The number of ether oxygens (including phenoxy) is 1. The van der Waals surface area contributed by atoms with Gasteiger partial charge in [0.05, 0.1) is 5.69 Å². The fraction of sp³-hybridized carbons (Fsp3) is 0.150. The largest absolute Gasteiger partial charge is 0.484 e. The van der Waals surface area contributed by atoms with Gasteiger partial charge in [-0.15, -0.1) is 0 Å². The number of hydrogen-bond acceptors (Lipinski definition) is 4. The van der Waals surface area contributed by atoms with Crippen LogP contribution in [0.15, 0.2) is 48.5 Å². The van der Waals surface area contributed by atoms with Crippen molar-refractivity contribution in [2.75, 3.05) is 5.32 Å². The first-order chi connectivity index (χ1) is 13.5. The lowest BCUT2D eigenvalue weighted by Gasteiger charge is -2.12. The van der Waals surface area contributed by atoms with Crippen LogP contribution in [0.4, 0.5) is 10.1 Å². The summed E-state index contributed by atoms with van der Waals surface area (Å²) in [6, 6.07) is 12.3. The lowest BCUT2D eigenvalue weighted by Crippen LogP contribution is -2.33. The number of hydrogen-bond donors (Lipinski definition) is 3. The summed E-state index contributed by atoms with van der Waals surface area (Å²) in [5, 5.41) is 12.1. The van der Waals surface area contributed by atoms with Gasteiger partial charge in [0.25, 0.3) is 11.8 Å². The van der Waals surface area contributed by atoms with E-state index in [1.807, 2.05) is 19.1 Å². The van der Waals surface area contributed by atoms with Gasteiger partial charge in [0.15, 0.2) is 11.6 Å². The summed E-state index contributed by atoms with van der Waals surface area (Å²) in [6.07, 6.45) is 0. The highest BCUT2D eigenvalue weighted by atomic mass is 19.1. The quantitative estimate of drug-likeness (QED) is 0.634. The molecule has 0 bridgehead atoms. The molecular weight excluding hydrogens is 363 g/mol. The van der Waals surface area contributed by atoms with E-state index >= 15 is 0 Å². The van der Waals surface area contributed by atoms with Gasteiger partial charge in [0, 0.05) is 11.3 Å². The summed E-state index contributed by atoms with van der Waals surface area (Å²) in [5.74, 6) is -1.15. The molecule has 0 saturated carbocycles. The number of H-pyrrole nitrogens is 1. The summed E-state index contributed by atoms with van der Waals surface area (Å²) >= 11 is 0. The number of anilines is 1. The number of benzene rings is 2. The van der Waals surface area contributed by atoms with E-state index in [1.165, 1.54) is 18.2 Å². The van der Waals surface area contributed by atoms with Crippen molar-refractivity contribution in [3.05, 3.63) is 76.9 Å². The van der Waals surface area contributed by atoms with Crippen LogP contribution >= 0.6 is 0 Å². The first-order valence-electron chi connectivity index (χ1n) is 8.66. The highest BCUT2D eigenvalue weighted by Gasteiger charge is 2.33. The molecule has 1 aliphatic rings. The highest BCUT2D eigenvalue weighted by Crippen LogP contribution is 2.33. The Labute approximate surface area is 159 Å². The SMILES string of the molecule is Cc1cccc2c1[C@H](NC(=O)c1cc(COc3ccccc3F)[nH]n1)C(=O)N2. The van der Waals surface area contributed by atoms with Gasteiger partial charge in [0.2, 0.25) is 0 Å². The number of fused-ring (bicyclic) bond motifs is 1. The number of nitrogens with zero attached hydrogens (tertiary/aromatic N) is 1. The fourth-order valence-electron chi connectivity index (χ4n) is 3.12. The molecule has 0 fully saturated rings. The molecule has 3 aromatic rings. The summed E-state index contributed by atoms with van der Waals surface area (Å²) in [4.78, 5) is 24.8. The molecule has 0 radical (unpaired) electrons. The molecule has 0 aliphatic carbocycles. The molecular formula is C20H17FN4O3. The van der Waals surface area contributed by atoms with Crippen molar-refractivity contribution in [3.8, 4) is 5.75 Å². The summed E-state index contributed by atoms with van der Waals surface area (Å²) < 4.78 is 19.0. The normalized spacial score (nSPS) is 15.1. The Bertz CT molecular complexity index is 1060. The zero-order valence-electron chi connectivity index (χ0n) is 15.0. The standard InChI is InChI=1S/C20H17FN4O3/c1-11-5-4-7-14-17(11)18(20(27)22-14)23-19(26)15-9-12(24-25-15)10-28-16-8-3-2-6-13(16)21/h2-9,18H,10H2,1H3,(H,22,27)(H,23,26)(H,24,25)/t18-/m0/s1. The Balaban J connectivity index is 1.44. The average molecular weight is 380 g/mol. The molecule has 142 valence electrons. The predicted molar refractivity (Wildman–Crippen MR) is 99.3 cm³/mol. The van der Waals surface area contributed by atoms with E-state index in [0.29, 0.717) is 11.4 Å². The predicted octanol–water partition coefficient (Wildman–Crippen LogP) is 2.86. The van der Waals surface area contributed by atoms with Crippen molar-refractivity contribution < 1.29 is 18.7 Å². The molecule has 0 saturated heterocycles. The van der Waals surface area contributed by atoms with Gasteiger partial charge >= 0.3 is 0 Å². The van der Waals surface area contributed by atoms with Crippen molar-refractivity contribution in [2.45, 2.75) is 19.6 Å². The number of para-hydroxylation sites is 1. The van der Waals surface area contributed by atoms with E-state index in [4.69, 9.17) is 4.74 Å². The first kappa shape index (κ1) is 17.7. The zero-order valence-corrected chi connectivity index (χ0v) is 15.0. The number of carbonyl (C=O) groups excluding carboxylic acids is 2. The van der Waals surface area contributed by atoms with Gasteiger partial charge in [-0.3, -0.25) is 14.7 Å². The minimum atomic E-state index is -0.779. The lowest BCUT2D eigenvalue weighted by atomic mass is 10.0. The Hall–Kier alpha value is -3.68. The van der Waals surface area contributed by atoms with Gasteiger partial charge in [-0.25, -0.2) is 4.39 Å². The van der Waals surface area contributed by atoms with Gasteiger partial charge in [-0.05, 0) is 36.8 Å². The molecule has 8 heteroatoms. The van der Waals surface area contributed by atoms with Crippen LogP contribution in [0.3, 0.4) is 0 Å². The highest BCUT2D eigenvalue weighted by molar-refractivity contribution is 6.06. The maximum Gasteiger partial charge on any atom is 0.272 e. The van der Waals surface area contributed by atoms with E-state index in [1.54, 1.807) is 18.2 Å². The van der Waals surface area contributed by atoms with Crippen LogP contribution in [0.25, 0.3) is 0 Å². The number of nitrogens with one attached hydrogen (secondary N) is 3.